The van der Waals surface area contributed by atoms with Gasteiger partial charge in [0.05, 0.1) is 11.3 Å². The first-order valence-electron chi connectivity index (χ1n) is 8.04. The minimum Gasteiger partial charge on any atom is -0.481 e. The molecule has 0 radical (unpaired) electrons. The fraction of sp³-hybridized carbons (Fsp3) is 0.368. The van der Waals surface area contributed by atoms with Crippen molar-refractivity contribution >= 4 is 11.9 Å². The van der Waals surface area contributed by atoms with Gasteiger partial charge in [-0.1, -0.05) is 11.6 Å². The molecule has 0 aliphatic carbocycles. The average Bonchev–Trinajstić information content (AvgIpc) is 2.85. The summed E-state index contributed by atoms with van der Waals surface area (Å²) in [7, 11) is 1.71. The van der Waals surface area contributed by atoms with E-state index in [1.54, 1.807) is 11.9 Å². The maximum atomic E-state index is 12.9. The van der Waals surface area contributed by atoms with Gasteiger partial charge in [-0.05, 0) is 51.5 Å². The van der Waals surface area contributed by atoms with Crippen molar-refractivity contribution in [1.29, 1.82) is 0 Å². The van der Waals surface area contributed by atoms with Gasteiger partial charge in [-0.2, -0.15) is 0 Å². The fourth-order valence-electron chi connectivity index (χ4n) is 2.84. The second kappa shape index (κ2) is 7.34. The molecule has 2 aromatic rings. The molecule has 1 amide bonds. The number of amides is 1. The van der Waals surface area contributed by atoms with Crippen molar-refractivity contribution in [3.8, 4) is 5.69 Å². The highest BCUT2D eigenvalue weighted by atomic mass is 16.4. The molecule has 0 atom stereocenters. The molecule has 1 aromatic carbocycles. The van der Waals surface area contributed by atoms with E-state index in [0.717, 1.165) is 22.6 Å². The Labute approximate surface area is 142 Å². The number of aliphatic carboxylic acids is 1. The Morgan fingerprint density at radius 1 is 1.08 bits per heavy atom. The van der Waals surface area contributed by atoms with Crippen LogP contribution in [0.1, 0.15) is 40.2 Å². The molecule has 0 saturated carbocycles. The van der Waals surface area contributed by atoms with E-state index < -0.39 is 5.97 Å². The molecule has 0 fully saturated rings. The number of rotatable bonds is 6. The second-order valence-corrected chi connectivity index (χ2v) is 6.20. The van der Waals surface area contributed by atoms with Crippen LogP contribution in [0, 0.1) is 20.8 Å². The number of benzene rings is 1. The van der Waals surface area contributed by atoms with E-state index in [1.807, 2.05) is 51.1 Å². The van der Waals surface area contributed by atoms with E-state index in [2.05, 4.69) is 4.57 Å². The molecule has 5 heteroatoms. The molecule has 0 aliphatic rings. The van der Waals surface area contributed by atoms with Gasteiger partial charge in [0.2, 0.25) is 0 Å². The number of aryl methyl sites for hydroxylation is 3. The highest BCUT2D eigenvalue weighted by Gasteiger charge is 2.18. The summed E-state index contributed by atoms with van der Waals surface area (Å²) in [6, 6.07) is 9.91. The minimum atomic E-state index is -0.842. The SMILES string of the molecule is Cc1ccc(-n2c(C)ccc2C)c(C(=O)N(C)CCCC(=O)O)c1. The average molecular weight is 328 g/mol. The van der Waals surface area contributed by atoms with Crippen LogP contribution in [0.4, 0.5) is 0 Å². The molecule has 2 rings (SSSR count). The lowest BCUT2D eigenvalue weighted by Crippen LogP contribution is -2.29. The van der Waals surface area contributed by atoms with Crippen molar-refractivity contribution in [2.24, 2.45) is 0 Å². The van der Waals surface area contributed by atoms with Gasteiger partial charge in [0.15, 0.2) is 0 Å². The third-order valence-electron chi connectivity index (χ3n) is 4.13. The van der Waals surface area contributed by atoms with Crippen LogP contribution in [-0.4, -0.2) is 40.0 Å². The van der Waals surface area contributed by atoms with Gasteiger partial charge in [-0.3, -0.25) is 9.59 Å². The zero-order valence-electron chi connectivity index (χ0n) is 14.7. The second-order valence-electron chi connectivity index (χ2n) is 6.20. The zero-order chi connectivity index (χ0) is 17.9. The number of carboxylic acids is 1. The molecule has 1 aromatic heterocycles. The Morgan fingerprint density at radius 3 is 2.29 bits per heavy atom. The highest BCUT2D eigenvalue weighted by molar-refractivity contribution is 5.98. The number of hydrogen-bond donors (Lipinski definition) is 1. The molecule has 128 valence electrons. The van der Waals surface area contributed by atoms with Crippen molar-refractivity contribution in [3.05, 3.63) is 52.8 Å². The van der Waals surface area contributed by atoms with Gasteiger partial charge in [-0.15, -0.1) is 0 Å². The van der Waals surface area contributed by atoms with Crippen LogP contribution in [0.25, 0.3) is 5.69 Å². The maximum absolute atomic E-state index is 12.9. The molecular weight excluding hydrogens is 304 g/mol. The zero-order valence-corrected chi connectivity index (χ0v) is 14.7. The number of aromatic nitrogens is 1. The monoisotopic (exact) mass is 328 g/mol. The van der Waals surface area contributed by atoms with Crippen molar-refractivity contribution in [3.63, 3.8) is 0 Å². The third-order valence-corrected chi connectivity index (χ3v) is 4.13. The van der Waals surface area contributed by atoms with Crippen molar-refractivity contribution < 1.29 is 14.7 Å². The van der Waals surface area contributed by atoms with Gasteiger partial charge >= 0.3 is 5.97 Å². The molecule has 0 aliphatic heterocycles. The topological polar surface area (TPSA) is 62.5 Å². The van der Waals surface area contributed by atoms with Crippen molar-refractivity contribution in [2.45, 2.75) is 33.6 Å². The molecular formula is C19H24N2O3. The van der Waals surface area contributed by atoms with Crippen LogP contribution in [-0.2, 0) is 4.79 Å². The molecule has 0 unspecified atom stereocenters. The lowest BCUT2D eigenvalue weighted by Gasteiger charge is -2.21. The van der Waals surface area contributed by atoms with E-state index in [0.29, 0.717) is 18.5 Å². The van der Waals surface area contributed by atoms with Gasteiger partial charge < -0.3 is 14.6 Å². The van der Waals surface area contributed by atoms with Crippen LogP contribution in [0.5, 0.6) is 0 Å². The first-order valence-corrected chi connectivity index (χ1v) is 8.04. The normalized spacial score (nSPS) is 10.7. The summed E-state index contributed by atoms with van der Waals surface area (Å²) in [5, 5.41) is 8.74. The Morgan fingerprint density at radius 2 is 1.71 bits per heavy atom. The van der Waals surface area contributed by atoms with E-state index in [9.17, 15) is 9.59 Å². The minimum absolute atomic E-state index is 0.0636. The van der Waals surface area contributed by atoms with E-state index >= 15 is 0 Å². The van der Waals surface area contributed by atoms with Crippen molar-refractivity contribution in [1.82, 2.24) is 9.47 Å². The standard InChI is InChI=1S/C19H24N2O3/c1-13-7-10-17(21-14(2)8-9-15(21)3)16(12-13)19(24)20(4)11-5-6-18(22)23/h7-10,12H,5-6,11H2,1-4H3,(H,22,23). The summed E-state index contributed by atoms with van der Waals surface area (Å²) in [5.41, 5.74) is 4.65. The smallest absolute Gasteiger partial charge is 0.303 e. The van der Waals surface area contributed by atoms with E-state index in [1.165, 1.54) is 0 Å². The molecule has 1 heterocycles. The molecule has 5 nitrogen and oxygen atoms in total. The first kappa shape index (κ1) is 17.8. The predicted molar refractivity (Wildman–Crippen MR) is 93.8 cm³/mol. The first-order chi connectivity index (χ1) is 11.3. The summed E-state index contributed by atoms with van der Waals surface area (Å²) >= 11 is 0. The summed E-state index contributed by atoms with van der Waals surface area (Å²) < 4.78 is 2.07. The highest BCUT2D eigenvalue weighted by Crippen LogP contribution is 2.23. The molecule has 24 heavy (non-hydrogen) atoms. The van der Waals surface area contributed by atoms with E-state index in [-0.39, 0.29) is 12.3 Å². The Hall–Kier alpha value is -2.56. The summed E-state index contributed by atoms with van der Waals surface area (Å²) in [6.45, 7) is 6.40. The molecule has 0 bridgehead atoms. The summed E-state index contributed by atoms with van der Waals surface area (Å²) in [5.74, 6) is -0.933. The lowest BCUT2D eigenvalue weighted by atomic mass is 10.1. The fourth-order valence-corrected chi connectivity index (χ4v) is 2.84. The number of carbonyl (C=O) groups is 2. The van der Waals surface area contributed by atoms with E-state index in [4.69, 9.17) is 5.11 Å². The third kappa shape index (κ3) is 3.85. The number of carbonyl (C=O) groups excluding carboxylic acids is 1. The summed E-state index contributed by atoms with van der Waals surface area (Å²) in [4.78, 5) is 25.1. The summed E-state index contributed by atoms with van der Waals surface area (Å²) in [6.07, 6.45) is 0.508. The van der Waals surface area contributed by atoms with Gasteiger partial charge in [0.25, 0.3) is 5.91 Å². The lowest BCUT2D eigenvalue weighted by molar-refractivity contribution is -0.137. The Kier molecular flexibility index (Phi) is 5.44. The molecule has 0 spiro atoms. The van der Waals surface area contributed by atoms with Gasteiger partial charge in [0, 0.05) is 31.4 Å². The van der Waals surface area contributed by atoms with Crippen LogP contribution in [0.2, 0.25) is 0 Å². The van der Waals surface area contributed by atoms with Crippen LogP contribution >= 0.6 is 0 Å². The van der Waals surface area contributed by atoms with Gasteiger partial charge in [-0.25, -0.2) is 0 Å². The quantitative estimate of drug-likeness (QED) is 0.884. The molecule has 1 N–H and O–H groups in total. The number of hydrogen-bond acceptors (Lipinski definition) is 2. The van der Waals surface area contributed by atoms with Crippen molar-refractivity contribution in [2.75, 3.05) is 13.6 Å². The largest absolute Gasteiger partial charge is 0.481 e. The van der Waals surface area contributed by atoms with Gasteiger partial charge in [0.1, 0.15) is 0 Å². The predicted octanol–water partition coefficient (Wildman–Crippen LogP) is 3.34. The Balaban J connectivity index is 2.34. The molecule has 0 saturated heterocycles. The Bertz CT molecular complexity index is 742. The number of nitrogens with zero attached hydrogens (tertiary/aromatic N) is 2. The maximum Gasteiger partial charge on any atom is 0.303 e. The van der Waals surface area contributed by atoms with Crippen LogP contribution < -0.4 is 0 Å². The van der Waals surface area contributed by atoms with Crippen LogP contribution in [0.15, 0.2) is 30.3 Å². The number of carboxylic acid groups (broad SMARTS) is 1. The van der Waals surface area contributed by atoms with Crippen LogP contribution in [0.3, 0.4) is 0 Å².